The molecular formula is C27H31FN4S. The Bertz CT molecular complexity index is 1140. The third-order valence-electron chi connectivity index (χ3n) is 7.01. The van der Waals surface area contributed by atoms with Crippen LogP contribution in [0.15, 0.2) is 66.9 Å². The number of hydrogen-bond acceptors (Lipinski definition) is 5. The number of halogens is 1. The molecule has 0 aliphatic carbocycles. The van der Waals surface area contributed by atoms with Gasteiger partial charge in [0.1, 0.15) is 5.82 Å². The number of likely N-dealkylation sites (tertiary alicyclic amines) is 1. The van der Waals surface area contributed by atoms with E-state index in [1.807, 2.05) is 18.3 Å². The molecule has 5 rings (SSSR count). The molecular weight excluding hydrogens is 431 g/mol. The largest absolute Gasteiger partial charge is 0.296 e. The SMILES string of the molecule is Cc1ccccc1-c1cc(CN2CC[C@@]3(C[C@@H]2C)CN(C)SN3c2cccc(F)c2)ccn1. The van der Waals surface area contributed by atoms with Gasteiger partial charge < -0.3 is 0 Å². The van der Waals surface area contributed by atoms with E-state index in [4.69, 9.17) is 0 Å². The van der Waals surface area contributed by atoms with Crippen molar-refractivity contribution in [2.24, 2.45) is 0 Å². The average molecular weight is 463 g/mol. The summed E-state index contributed by atoms with van der Waals surface area (Å²) in [5.41, 5.74) is 5.76. The molecule has 33 heavy (non-hydrogen) atoms. The van der Waals surface area contributed by atoms with Gasteiger partial charge in [-0.1, -0.05) is 30.3 Å². The Morgan fingerprint density at radius 2 is 1.97 bits per heavy atom. The van der Waals surface area contributed by atoms with E-state index in [2.05, 4.69) is 75.8 Å². The van der Waals surface area contributed by atoms with Crippen LogP contribution in [0.4, 0.5) is 10.1 Å². The summed E-state index contributed by atoms with van der Waals surface area (Å²) in [4.78, 5) is 7.21. The van der Waals surface area contributed by atoms with Crippen LogP contribution in [0.1, 0.15) is 30.9 Å². The van der Waals surface area contributed by atoms with E-state index in [0.29, 0.717) is 6.04 Å². The zero-order chi connectivity index (χ0) is 23.0. The molecule has 0 unspecified atom stereocenters. The van der Waals surface area contributed by atoms with Crippen molar-refractivity contribution in [3.8, 4) is 11.3 Å². The van der Waals surface area contributed by atoms with E-state index >= 15 is 0 Å². The lowest BCUT2D eigenvalue weighted by atomic mass is 9.82. The Balaban J connectivity index is 1.33. The minimum atomic E-state index is -0.176. The van der Waals surface area contributed by atoms with Gasteiger partial charge in [0.05, 0.1) is 16.9 Å². The first-order valence-corrected chi connectivity index (χ1v) is 12.4. The summed E-state index contributed by atoms with van der Waals surface area (Å²) < 4.78 is 18.6. The first-order chi connectivity index (χ1) is 15.9. The topological polar surface area (TPSA) is 22.6 Å². The van der Waals surface area contributed by atoms with E-state index in [1.54, 1.807) is 18.2 Å². The van der Waals surface area contributed by atoms with Gasteiger partial charge in [0.15, 0.2) is 0 Å². The van der Waals surface area contributed by atoms with Crippen LogP contribution in [-0.4, -0.2) is 45.9 Å². The predicted molar refractivity (Wildman–Crippen MR) is 135 cm³/mol. The predicted octanol–water partition coefficient (Wildman–Crippen LogP) is 5.93. The van der Waals surface area contributed by atoms with Gasteiger partial charge in [-0.3, -0.25) is 14.2 Å². The van der Waals surface area contributed by atoms with Gasteiger partial charge in [-0.25, -0.2) is 8.70 Å². The van der Waals surface area contributed by atoms with Crippen LogP contribution < -0.4 is 4.31 Å². The van der Waals surface area contributed by atoms with Crippen LogP contribution in [0.5, 0.6) is 0 Å². The van der Waals surface area contributed by atoms with Crippen molar-refractivity contribution in [2.45, 2.75) is 44.8 Å². The Morgan fingerprint density at radius 1 is 1.12 bits per heavy atom. The highest BCUT2D eigenvalue weighted by Crippen LogP contribution is 2.46. The summed E-state index contributed by atoms with van der Waals surface area (Å²) in [7, 11) is 2.13. The fraction of sp³-hybridized carbons (Fsp3) is 0.370. The van der Waals surface area contributed by atoms with Crippen LogP contribution in [0, 0.1) is 12.7 Å². The van der Waals surface area contributed by atoms with Gasteiger partial charge in [0, 0.05) is 49.6 Å². The number of benzene rings is 2. The molecule has 2 aromatic carbocycles. The lowest BCUT2D eigenvalue weighted by Crippen LogP contribution is -2.56. The number of anilines is 1. The molecule has 0 N–H and O–H groups in total. The second-order valence-electron chi connectivity index (χ2n) is 9.50. The molecule has 0 radical (unpaired) electrons. The normalized spacial score (nSPS) is 24.0. The molecule has 1 aromatic heterocycles. The van der Waals surface area contributed by atoms with Crippen LogP contribution in [0.2, 0.25) is 0 Å². The molecule has 1 spiro atoms. The highest BCUT2D eigenvalue weighted by atomic mass is 32.2. The zero-order valence-corrected chi connectivity index (χ0v) is 20.4. The maximum absolute atomic E-state index is 14.0. The van der Waals surface area contributed by atoms with Crippen molar-refractivity contribution in [3.05, 3.63) is 83.8 Å². The lowest BCUT2D eigenvalue weighted by molar-refractivity contribution is 0.100. The number of nitrogens with zero attached hydrogens (tertiary/aromatic N) is 4. The molecule has 0 saturated carbocycles. The summed E-state index contributed by atoms with van der Waals surface area (Å²) in [6.45, 7) is 7.39. The molecule has 0 bridgehead atoms. The third-order valence-corrected chi connectivity index (χ3v) is 8.17. The first kappa shape index (κ1) is 22.4. The number of piperidine rings is 1. The number of likely N-dealkylation sites (N-methyl/N-ethyl adjacent to an activating group) is 1. The van der Waals surface area contributed by atoms with Crippen molar-refractivity contribution < 1.29 is 4.39 Å². The van der Waals surface area contributed by atoms with Gasteiger partial charge >= 0.3 is 0 Å². The quantitative estimate of drug-likeness (QED) is 0.447. The lowest BCUT2D eigenvalue weighted by Gasteiger charge is -2.47. The van der Waals surface area contributed by atoms with Gasteiger partial charge in [-0.15, -0.1) is 0 Å². The summed E-state index contributed by atoms with van der Waals surface area (Å²) >= 11 is 1.71. The van der Waals surface area contributed by atoms with E-state index in [9.17, 15) is 4.39 Å². The molecule has 3 heterocycles. The summed E-state index contributed by atoms with van der Waals surface area (Å²) in [5.74, 6) is -0.176. The van der Waals surface area contributed by atoms with Crippen LogP contribution >= 0.6 is 12.1 Å². The van der Waals surface area contributed by atoms with Crippen molar-refractivity contribution in [1.82, 2.24) is 14.2 Å². The molecule has 2 aliphatic heterocycles. The molecule has 6 heteroatoms. The van der Waals surface area contributed by atoms with E-state index in [1.165, 1.54) is 22.8 Å². The van der Waals surface area contributed by atoms with Gasteiger partial charge in [-0.05, 0) is 75.2 Å². The average Bonchev–Trinajstić information content (AvgIpc) is 3.11. The number of pyridine rings is 1. The molecule has 2 fully saturated rings. The summed E-state index contributed by atoms with van der Waals surface area (Å²) in [6.07, 6.45) is 4.04. The fourth-order valence-electron chi connectivity index (χ4n) is 5.39. The maximum Gasteiger partial charge on any atom is 0.125 e. The molecule has 2 saturated heterocycles. The van der Waals surface area contributed by atoms with Crippen LogP contribution in [0.25, 0.3) is 11.3 Å². The van der Waals surface area contributed by atoms with Crippen molar-refractivity contribution in [1.29, 1.82) is 0 Å². The number of aromatic nitrogens is 1. The maximum atomic E-state index is 14.0. The van der Waals surface area contributed by atoms with E-state index in [0.717, 1.165) is 43.9 Å². The Morgan fingerprint density at radius 3 is 2.76 bits per heavy atom. The Hall–Kier alpha value is -2.41. The van der Waals surface area contributed by atoms with Crippen molar-refractivity contribution in [3.63, 3.8) is 0 Å². The summed E-state index contributed by atoms with van der Waals surface area (Å²) in [6, 6.07) is 20.2. The molecule has 4 nitrogen and oxygen atoms in total. The smallest absolute Gasteiger partial charge is 0.125 e. The van der Waals surface area contributed by atoms with Gasteiger partial charge in [0.2, 0.25) is 0 Å². The van der Waals surface area contributed by atoms with E-state index in [-0.39, 0.29) is 11.4 Å². The Kier molecular flexibility index (Phi) is 6.16. The fourth-order valence-corrected chi connectivity index (χ4v) is 6.57. The first-order valence-electron chi connectivity index (χ1n) is 11.6. The van der Waals surface area contributed by atoms with E-state index < -0.39 is 0 Å². The minimum Gasteiger partial charge on any atom is -0.296 e. The molecule has 172 valence electrons. The van der Waals surface area contributed by atoms with Crippen molar-refractivity contribution >= 4 is 17.8 Å². The monoisotopic (exact) mass is 462 g/mol. The highest BCUT2D eigenvalue weighted by molar-refractivity contribution is 7.98. The number of rotatable bonds is 4. The van der Waals surface area contributed by atoms with Gasteiger partial charge in [0.25, 0.3) is 0 Å². The molecule has 3 aromatic rings. The number of aryl methyl sites for hydroxylation is 1. The molecule has 2 aliphatic rings. The zero-order valence-electron chi connectivity index (χ0n) is 19.5. The highest BCUT2D eigenvalue weighted by Gasteiger charge is 2.48. The third kappa shape index (κ3) is 4.52. The van der Waals surface area contributed by atoms with Gasteiger partial charge in [-0.2, -0.15) is 0 Å². The molecule has 2 atom stereocenters. The second kappa shape index (κ2) is 9.09. The van der Waals surface area contributed by atoms with Crippen molar-refractivity contribution in [2.75, 3.05) is 24.4 Å². The standard InChI is InChI=1S/C27H31FN4S/c1-20-7-4-5-10-25(20)26-15-22(11-13-29-26)18-31-14-12-27(17-21(31)2)19-30(3)33-32(27)24-9-6-8-23(28)16-24/h4-11,13,15-16,21H,12,14,17-19H2,1-3H3/t21-,27+/m0/s1. The second-order valence-corrected chi connectivity index (χ2v) is 10.7. The molecule has 0 amide bonds. The van der Waals surface area contributed by atoms with Crippen LogP contribution in [-0.2, 0) is 6.54 Å². The van der Waals surface area contributed by atoms with Crippen LogP contribution in [0.3, 0.4) is 0 Å². The number of hydrogen-bond donors (Lipinski definition) is 0. The minimum absolute atomic E-state index is 0.0215. The summed E-state index contributed by atoms with van der Waals surface area (Å²) in [5, 5.41) is 0. The Labute approximate surface area is 200 Å².